The van der Waals surface area contributed by atoms with Gasteiger partial charge in [-0.15, -0.1) is 0 Å². The van der Waals surface area contributed by atoms with Gasteiger partial charge in [0, 0.05) is 36.8 Å². The number of nitrogens with one attached hydrogen (secondary N) is 1. The highest BCUT2D eigenvalue weighted by Gasteiger charge is 2.35. The van der Waals surface area contributed by atoms with Crippen molar-refractivity contribution < 1.29 is 22.8 Å². The number of imide groups is 1. The summed E-state index contributed by atoms with van der Waals surface area (Å²) >= 11 is 6.95. The summed E-state index contributed by atoms with van der Waals surface area (Å²) in [6.07, 6.45) is 4.22. The SMILES string of the molecule is O=C(NCCN1C(=O)S/C(=C\c2ccccc2Cl)C1=O)c1cccc(S(=O)(=O)N2CCCCC2)c1. The Bertz CT molecular complexity index is 1290. The Labute approximate surface area is 213 Å². The molecule has 1 N–H and O–H groups in total. The fourth-order valence-corrected chi connectivity index (χ4v) is 6.47. The number of halogens is 1. The summed E-state index contributed by atoms with van der Waals surface area (Å²) in [5.41, 5.74) is 0.822. The normalized spacial score (nSPS) is 18.3. The van der Waals surface area contributed by atoms with E-state index in [1.807, 2.05) is 0 Å². The minimum Gasteiger partial charge on any atom is -0.350 e. The molecule has 0 atom stereocenters. The van der Waals surface area contributed by atoms with Crippen LogP contribution in [0.2, 0.25) is 5.02 Å². The van der Waals surface area contributed by atoms with Crippen LogP contribution in [0.3, 0.4) is 0 Å². The smallest absolute Gasteiger partial charge is 0.293 e. The maximum atomic E-state index is 12.9. The third-order valence-corrected chi connectivity index (χ3v) is 8.88. The zero-order chi connectivity index (χ0) is 25.0. The lowest BCUT2D eigenvalue weighted by Gasteiger charge is -2.26. The fourth-order valence-electron chi connectivity index (χ4n) is 3.86. The summed E-state index contributed by atoms with van der Waals surface area (Å²) in [5, 5.41) is 2.69. The molecule has 11 heteroatoms. The number of carbonyl (C=O) groups excluding carboxylic acids is 3. The molecule has 8 nitrogen and oxygen atoms in total. The summed E-state index contributed by atoms with van der Waals surface area (Å²) in [4.78, 5) is 39.0. The third-order valence-electron chi connectivity index (χ3n) is 5.74. The molecule has 0 unspecified atom stereocenters. The predicted octanol–water partition coefficient (Wildman–Crippen LogP) is 3.98. The topological polar surface area (TPSA) is 104 Å². The first kappa shape index (κ1) is 25.4. The van der Waals surface area contributed by atoms with Crippen LogP contribution in [0.25, 0.3) is 6.08 Å². The third kappa shape index (κ3) is 5.78. The molecule has 35 heavy (non-hydrogen) atoms. The Hall–Kier alpha value is -2.66. The van der Waals surface area contributed by atoms with Crippen molar-refractivity contribution in [1.29, 1.82) is 0 Å². The van der Waals surface area contributed by atoms with Crippen LogP contribution in [0.1, 0.15) is 35.2 Å². The van der Waals surface area contributed by atoms with E-state index in [0.29, 0.717) is 23.7 Å². The van der Waals surface area contributed by atoms with Crippen molar-refractivity contribution in [3.05, 3.63) is 69.6 Å². The van der Waals surface area contributed by atoms with Crippen LogP contribution in [0.5, 0.6) is 0 Å². The van der Waals surface area contributed by atoms with Crippen molar-refractivity contribution in [3.8, 4) is 0 Å². The van der Waals surface area contributed by atoms with Crippen LogP contribution in [-0.2, 0) is 14.8 Å². The molecule has 0 aromatic heterocycles. The molecule has 2 aromatic rings. The lowest BCUT2D eigenvalue weighted by molar-refractivity contribution is -0.122. The molecule has 4 rings (SSSR count). The minimum absolute atomic E-state index is 0.0119. The number of hydrogen-bond donors (Lipinski definition) is 1. The van der Waals surface area contributed by atoms with E-state index in [-0.39, 0.29) is 28.5 Å². The number of benzene rings is 2. The van der Waals surface area contributed by atoms with Gasteiger partial charge in [0.25, 0.3) is 17.1 Å². The second-order valence-electron chi connectivity index (χ2n) is 8.10. The Morgan fingerprint density at radius 2 is 1.80 bits per heavy atom. The maximum absolute atomic E-state index is 12.9. The quantitative estimate of drug-likeness (QED) is 0.540. The predicted molar refractivity (Wildman–Crippen MR) is 136 cm³/mol. The standard InChI is InChI=1S/C24H24ClN3O5S2/c25-20-10-3-2-7-17(20)16-21-23(30)28(24(31)34-21)14-11-26-22(29)18-8-6-9-19(15-18)35(32,33)27-12-4-1-5-13-27/h2-3,6-10,15-16H,1,4-5,11-14H2,(H,26,29)/b21-16-. The minimum atomic E-state index is -3.66. The lowest BCUT2D eigenvalue weighted by atomic mass is 10.2. The highest BCUT2D eigenvalue weighted by atomic mass is 35.5. The first-order valence-electron chi connectivity index (χ1n) is 11.2. The number of carbonyl (C=O) groups is 3. The second-order valence-corrected chi connectivity index (χ2v) is 11.4. The average molecular weight is 534 g/mol. The molecule has 2 fully saturated rings. The van der Waals surface area contributed by atoms with E-state index in [9.17, 15) is 22.8 Å². The second kappa shape index (κ2) is 10.9. The first-order valence-corrected chi connectivity index (χ1v) is 13.8. The number of amides is 3. The van der Waals surface area contributed by atoms with Crippen LogP contribution in [0.4, 0.5) is 4.79 Å². The zero-order valence-electron chi connectivity index (χ0n) is 18.8. The van der Waals surface area contributed by atoms with Gasteiger partial charge in [0.05, 0.1) is 9.80 Å². The number of nitrogens with zero attached hydrogens (tertiary/aromatic N) is 2. The molecule has 0 bridgehead atoms. The van der Waals surface area contributed by atoms with Crippen LogP contribution in [-0.4, -0.2) is 60.9 Å². The van der Waals surface area contributed by atoms with E-state index >= 15 is 0 Å². The van der Waals surface area contributed by atoms with Gasteiger partial charge in [-0.3, -0.25) is 19.3 Å². The highest BCUT2D eigenvalue weighted by molar-refractivity contribution is 8.18. The van der Waals surface area contributed by atoms with Crippen molar-refractivity contribution in [1.82, 2.24) is 14.5 Å². The molecule has 2 aliphatic heterocycles. The molecule has 3 amide bonds. The van der Waals surface area contributed by atoms with E-state index < -0.39 is 27.1 Å². The number of sulfonamides is 1. The Morgan fingerprint density at radius 3 is 2.54 bits per heavy atom. The van der Waals surface area contributed by atoms with Gasteiger partial charge in [0.2, 0.25) is 10.0 Å². The average Bonchev–Trinajstić information content (AvgIpc) is 3.13. The van der Waals surface area contributed by atoms with E-state index in [1.54, 1.807) is 30.3 Å². The van der Waals surface area contributed by atoms with Crippen LogP contribution < -0.4 is 5.32 Å². The van der Waals surface area contributed by atoms with Crippen molar-refractivity contribution >= 4 is 56.5 Å². The van der Waals surface area contributed by atoms with Crippen molar-refractivity contribution in [2.75, 3.05) is 26.2 Å². The molecule has 0 radical (unpaired) electrons. The monoisotopic (exact) mass is 533 g/mol. The maximum Gasteiger partial charge on any atom is 0.293 e. The molecule has 2 heterocycles. The summed E-state index contributed by atoms with van der Waals surface area (Å²) < 4.78 is 27.3. The molecule has 0 saturated carbocycles. The first-order chi connectivity index (χ1) is 16.8. The summed E-state index contributed by atoms with van der Waals surface area (Å²) in [6, 6.07) is 12.9. The van der Waals surface area contributed by atoms with E-state index in [4.69, 9.17) is 11.6 Å². The molecule has 184 valence electrons. The van der Waals surface area contributed by atoms with Gasteiger partial charge in [-0.05, 0) is 60.5 Å². The summed E-state index contributed by atoms with van der Waals surface area (Å²) in [6.45, 7) is 0.963. The van der Waals surface area contributed by atoms with Crippen molar-refractivity contribution in [2.24, 2.45) is 0 Å². The number of piperidine rings is 1. The molecule has 0 aliphatic carbocycles. The Balaban J connectivity index is 1.37. The van der Waals surface area contributed by atoms with Crippen LogP contribution in [0, 0.1) is 0 Å². The summed E-state index contributed by atoms with van der Waals surface area (Å²) in [7, 11) is -3.66. The molecule has 2 saturated heterocycles. The van der Waals surface area contributed by atoms with E-state index in [1.165, 1.54) is 28.6 Å². The molecule has 0 spiro atoms. The van der Waals surface area contributed by atoms with Gasteiger partial charge >= 0.3 is 0 Å². The van der Waals surface area contributed by atoms with Gasteiger partial charge in [0.15, 0.2) is 0 Å². The van der Waals surface area contributed by atoms with Gasteiger partial charge in [-0.25, -0.2) is 8.42 Å². The van der Waals surface area contributed by atoms with Crippen molar-refractivity contribution in [3.63, 3.8) is 0 Å². The van der Waals surface area contributed by atoms with E-state index in [0.717, 1.165) is 35.9 Å². The molecular formula is C24H24ClN3O5S2. The largest absolute Gasteiger partial charge is 0.350 e. The van der Waals surface area contributed by atoms with Gasteiger partial charge in [0.1, 0.15) is 0 Å². The number of hydrogen-bond acceptors (Lipinski definition) is 6. The Kier molecular flexibility index (Phi) is 7.95. The van der Waals surface area contributed by atoms with Crippen molar-refractivity contribution in [2.45, 2.75) is 24.2 Å². The highest BCUT2D eigenvalue weighted by Crippen LogP contribution is 2.33. The molecule has 2 aromatic carbocycles. The van der Waals surface area contributed by atoms with Crippen LogP contribution >= 0.6 is 23.4 Å². The van der Waals surface area contributed by atoms with Gasteiger partial charge in [-0.2, -0.15) is 4.31 Å². The summed E-state index contributed by atoms with van der Waals surface area (Å²) in [5.74, 6) is -0.942. The number of thioether (sulfide) groups is 1. The van der Waals surface area contributed by atoms with Gasteiger partial charge < -0.3 is 5.32 Å². The van der Waals surface area contributed by atoms with Gasteiger partial charge in [-0.1, -0.05) is 42.3 Å². The van der Waals surface area contributed by atoms with Crippen LogP contribution in [0.15, 0.2) is 58.3 Å². The molecule has 2 aliphatic rings. The number of rotatable bonds is 7. The molecular weight excluding hydrogens is 510 g/mol. The Morgan fingerprint density at radius 1 is 1.06 bits per heavy atom. The lowest BCUT2D eigenvalue weighted by Crippen LogP contribution is -2.37. The van der Waals surface area contributed by atoms with E-state index in [2.05, 4.69) is 5.32 Å². The fraction of sp³-hybridized carbons (Fsp3) is 0.292. The zero-order valence-corrected chi connectivity index (χ0v) is 21.2.